The molecule has 0 aromatic heterocycles. The third-order valence-corrected chi connectivity index (χ3v) is 4.71. The third kappa shape index (κ3) is 2.86. The molecule has 1 aliphatic rings. The molecule has 1 fully saturated rings. The second-order valence-electron chi connectivity index (χ2n) is 5.82. The summed E-state index contributed by atoms with van der Waals surface area (Å²) >= 11 is 9.60. The molecule has 1 aliphatic heterocycles. The van der Waals surface area contributed by atoms with Gasteiger partial charge >= 0.3 is 7.12 Å². The average Bonchev–Trinajstić information content (AvgIpc) is 2.47. The highest BCUT2D eigenvalue weighted by Crippen LogP contribution is 2.40. The van der Waals surface area contributed by atoms with Crippen LogP contribution < -0.4 is 5.73 Å². The molecule has 3 nitrogen and oxygen atoms in total. The van der Waals surface area contributed by atoms with Crippen LogP contribution in [-0.2, 0) is 9.31 Å². The molecule has 0 spiro atoms. The number of nitrogens with two attached hydrogens (primary N) is 1. The number of rotatable bonds is 2. The van der Waals surface area contributed by atoms with Gasteiger partial charge in [0.05, 0.1) is 17.1 Å². The van der Waals surface area contributed by atoms with Gasteiger partial charge in [-0.1, -0.05) is 33.6 Å². The van der Waals surface area contributed by atoms with Crippen molar-refractivity contribution in [3.63, 3.8) is 0 Å². The molecule has 0 saturated carbocycles. The van der Waals surface area contributed by atoms with Gasteiger partial charge in [-0.25, -0.2) is 0 Å². The Morgan fingerprint density at radius 3 is 2.21 bits per heavy atom. The molecule has 1 atom stereocenters. The van der Waals surface area contributed by atoms with E-state index in [4.69, 9.17) is 26.6 Å². The van der Waals surface area contributed by atoms with Crippen LogP contribution in [0.1, 0.15) is 39.2 Å². The summed E-state index contributed by atoms with van der Waals surface area (Å²) in [5, 5.41) is 0.608. The van der Waals surface area contributed by atoms with Gasteiger partial charge < -0.3 is 15.0 Å². The summed E-state index contributed by atoms with van der Waals surface area (Å²) in [6.07, 6.45) is 0. The van der Waals surface area contributed by atoms with Crippen LogP contribution in [0.2, 0.25) is 5.02 Å². The molecular formula is C13H18BBrClNO2. The molecule has 1 aromatic carbocycles. The van der Waals surface area contributed by atoms with Gasteiger partial charge in [-0.2, -0.15) is 0 Å². The van der Waals surface area contributed by atoms with Crippen molar-refractivity contribution in [1.29, 1.82) is 0 Å². The van der Waals surface area contributed by atoms with E-state index in [1.165, 1.54) is 0 Å². The molecule has 1 saturated heterocycles. The lowest BCUT2D eigenvalue weighted by Gasteiger charge is -2.32. The normalized spacial score (nSPS) is 22.6. The van der Waals surface area contributed by atoms with Crippen LogP contribution in [0.3, 0.4) is 0 Å². The summed E-state index contributed by atoms with van der Waals surface area (Å²) in [5.74, 6) is -0.415. The molecule has 0 aliphatic carbocycles. The molecule has 2 rings (SSSR count). The van der Waals surface area contributed by atoms with Gasteiger partial charge in [-0.05, 0) is 45.4 Å². The van der Waals surface area contributed by atoms with Crippen molar-refractivity contribution >= 4 is 34.6 Å². The molecule has 6 heteroatoms. The number of halogens is 2. The van der Waals surface area contributed by atoms with E-state index in [9.17, 15) is 0 Å². The molecule has 0 radical (unpaired) electrons. The SMILES string of the molecule is CC1(C)OB([C@@H](N)c2ccc(Br)cc2Cl)OC1(C)C. The zero-order valence-corrected chi connectivity index (χ0v) is 13.9. The van der Waals surface area contributed by atoms with E-state index in [0.717, 1.165) is 10.0 Å². The standard InChI is InChI=1S/C13H18BBrClNO2/c1-12(2)13(3,4)19-14(18-12)11(17)9-6-5-8(15)7-10(9)16/h5-7,11H,17H2,1-4H3/t11-/m0/s1. The van der Waals surface area contributed by atoms with E-state index in [2.05, 4.69) is 15.9 Å². The van der Waals surface area contributed by atoms with E-state index in [1.54, 1.807) is 0 Å². The first-order chi connectivity index (χ1) is 8.64. The van der Waals surface area contributed by atoms with Crippen molar-refractivity contribution in [2.75, 3.05) is 0 Å². The Morgan fingerprint density at radius 2 is 1.74 bits per heavy atom. The van der Waals surface area contributed by atoms with Crippen molar-refractivity contribution < 1.29 is 9.31 Å². The summed E-state index contributed by atoms with van der Waals surface area (Å²) in [6, 6.07) is 5.62. The van der Waals surface area contributed by atoms with Crippen LogP contribution in [-0.4, -0.2) is 18.3 Å². The molecule has 1 aromatic rings. The van der Waals surface area contributed by atoms with Crippen LogP contribution in [0.25, 0.3) is 0 Å². The monoisotopic (exact) mass is 345 g/mol. The minimum atomic E-state index is -0.497. The van der Waals surface area contributed by atoms with Gasteiger partial charge in [0, 0.05) is 9.50 Å². The predicted octanol–water partition coefficient (Wildman–Crippen LogP) is 3.73. The Labute approximate surface area is 128 Å². The second kappa shape index (κ2) is 5.04. The summed E-state index contributed by atoms with van der Waals surface area (Å²) in [7, 11) is -0.497. The zero-order valence-electron chi connectivity index (χ0n) is 11.5. The maximum atomic E-state index is 6.24. The minimum absolute atomic E-state index is 0.392. The Balaban J connectivity index is 2.24. The Hall–Kier alpha value is -0.0651. The van der Waals surface area contributed by atoms with Gasteiger partial charge in [0.15, 0.2) is 0 Å². The maximum absolute atomic E-state index is 6.24. The molecule has 0 bridgehead atoms. The molecular weight excluding hydrogens is 328 g/mol. The molecule has 0 unspecified atom stereocenters. The quantitative estimate of drug-likeness (QED) is 0.830. The van der Waals surface area contributed by atoms with E-state index >= 15 is 0 Å². The zero-order chi connectivity index (χ0) is 14.4. The molecule has 2 N–H and O–H groups in total. The van der Waals surface area contributed by atoms with Gasteiger partial charge in [0.25, 0.3) is 0 Å². The Morgan fingerprint density at radius 1 is 1.21 bits per heavy atom. The Kier molecular flexibility index (Phi) is 4.07. The summed E-state index contributed by atoms with van der Waals surface area (Å²) in [5.41, 5.74) is 6.28. The van der Waals surface area contributed by atoms with Crippen molar-refractivity contribution in [2.24, 2.45) is 5.73 Å². The lowest BCUT2D eigenvalue weighted by Crippen LogP contribution is -2.41. The lowest BCUT2D eigenvalue weighted by molar-refractivity contribution is 0.00578. The van der Waals surface area contributed by atoms with Gasteiger partial charge in [0.1, 0.15) is 0 Å². The highest BCUT2D eigenvalue weighted by Gasteiger charge is 2.53. The average molecular weight is 346 g/mol. The van der Waals surface area contributed by atoms with E-state index < -0.39 is 24.3 Å². The van der Waals surface area contributed by atoms with E-state index in [1.807, 2.05) is 45.9 Å². The smallest absolute Gasteiger partial charge is 0.402 e. The summed E-state index contributed by atoms with van der Waals surface area (Å²) in [6.45, 7) is 8.01. The fourth-order valence-electron chi connectivity index (χ4n) is 1.95. The van der Waals surface area contributed by atoms with Crippen molar-refractivity contribution in [2.45, 2.75) is 44.8 Å². The van der Waals surface area contributed by atoms with Gasteiger partial charge in [-0.3, -0.25) is 0 Å². The van der Waals surface area contributed by atoms with Crippen molar-refractivity contribution in [3.05, 3.63) is 33.3 Å². The van der Waals surface area contributed by atoms with Crippen LogP contribution >= 0.6 is 27.5 Å². The molecule has 0 amide bonds. The van der Waals surface area contributed by atoms with Crippen LogP contribution in [0, 0.1) is 0 Å². The first-order valence-corrected chi connectivity index (χ1v) is 7.37. The van der Waals surface area contributed by atoms with Crippen molar-refractivity contribution in [3.8, 4) is 0 Å². The van der Waals surface area contributed by atoms with Gasteiger partial charge in [-0.15, -0.1) is 0 Å². The van der Waals surface area contributed by atoms with Crippen LogP contribution in [0.4, 0.5) is 0 Å². The summed E-state index contributed by atoms with van der Waals surface area (Å²) < 4.78 is 12.8. The highest BCUT2D eigenvalue weighted by molar-refractivity contribution is 9.10. The predicted molar refractivity (Wildman–Crippen MR) is 82.2 cm³/mol. The lowest BCUT2D eigenvalue weighted by atomic mass is 9.75. The second-order valence-corrected chi connectivity index (χ2v) is 7.14. The van der Waals surface area contributed by atoms with Crippen molar-refractivity contribution in [1.82, 2.24) is 0 Å². The van der Waals surface area contributed by atoms with E-state index in [0.29, 0.717) is 5.02 Å². The first kappa shape index (κ1) is 15.3. The Bertz CT molecular complexity index is 480. The fourth-order valence-corrected chi connectivity index (χ4v) is 2.75. The number of benzene rings is 1. The third-order valence-electron chi connectivity index (χ3n) is 3.89. The number of hydrogen-bond acceptors (Lipinski definition) is 3. The maximum Gasteiger partial charge on any atom is 0.480 e. The fraction of sp³-hybridized carbons (Fsp3) is 0.538. The first-order valence-electron chi connectivity index (χ1n) is 6.20. The topological polar surface area (TPSA) is 44.5 Å². The molecule has 19 heavy (non-hydrogen) atoms. The minimum Gasteiger partial charge on any atom is -0.402 e. The highest BCUT2D eigenvalue weighted by atomic mass is 79.9. The molecule has 104 valence electrons. The molecule has 1 heterocycles. The van der Waals surface area contributed by atoms with Gasteiger partial charge in [0.2, 0.25) is 0 Å². The van der Waals surface area contributed by atoms with E-state index in [-0.39, 0.29) is 0 Å². The largest absolute Gasteiger partial charge is 0.480 e. The number of hydrogen-bond donors (Lipinski definition) is 1. The summed E-state index contributed by atoms with van der Waals surface area (Å²) in [4.78, 5) is 0. The van der Waals surface area contributed by atoms with Crippen LogP contribution in [0.5, 0.6) is 0 Å². The van der Waals surface area contributed by atoms with Crippen LogP contribution in [0.15, 0.2) is 22.7 Å².